The molecular weight excluding hydrogens is 310 g/mol. The van der Waals surface area contributed by atoms with Crippen molar-refractivity contribution in [3.8, 4) is 17.1 Å². The Hall–Kier alpha value is -3.47. The quantitative estimate of drug-likeness (QED) is 0.436. The third-order valence-corrected chi connectivity index (χ3v) is 4.99. The SMILES string of the molecule is c1ccc(-n2c3[n+](c4c2cc2ccncn24)Cc2ccncc2-3)cc1. The highest BCUT2D eigenvalue weighted by molar-refractivity contribution is 5.84. The van der Waals surface area contributed by atoms with Gasteiger partial charge in [0.25, 0.3) is 5.65 Å². The molecule has 0 atom stereocenters. The van der Waals surface area contributed by atoms with Crippen molar-refractivity contribution in [2.45, 2.75) is 6.54 Å². The number of nitrogens with zero attached hydrogens (tertiary/aromatic N) is 5. The zero-order valence-electron chi connectivity index (χ0n) is 13.4. The van der Waals surface area contributed by atoms with E-state index in [2.05, 4.69) is 59.9 Å². The standard InChI is InChI=1S/C20H14N5/c1-2-4-15(5-3-1)25-18-10-16-7-9-22-13-24(16)20(18)23-12-14-6-8-21-11-17(14)19(23)25/h1-11,13H,12H2/q+1. The van der Waals surface area contributed by atoms with Crippen molar-refractivity contribution in [3.05, 3.63) is 79.0 Å². The van der Waals surface area contributed by atoms with E-state index < -0.39 is 0 Å². The van der Waals surface area contributed by atoms with Gasteiger partial charge in [-0.1, -0.05) is 18.2 Å². The molecule has 0 aliphatic carbocycles. The third kappa shape index (κ3) is 1.59. The van der Waals surface area contributed by atoms with E-state index in [-0.39, 0.29) is 0 Å². The second kappa shape index (κ2) is 4.54. The molecule has 4 aromatic heterocycles. The van der Waals surface area contributed by atoms with E-state index in [1.165, 1.54) is 22.5 Å². The van der Waals surface area contributed by atoms with Crippen LogP contribution in [0.15, 0.2) is 73.4 Å². The molecule has 0 unspecified atom stereocenters. The molecule has 0 saturated carbocycles. The predicted molar refractivity (Wildman–Crippen MR) is 94.6 cm³/mol. The minimum Gasteiger partial charge on any atom is -0.264 e. The van der Waals surface area contributed by atoms with Crippen LogP contribution in [0.3, 0.4) is 0 Å². The van der Waals surface area contributed by atoms with Crippen LogP contribution in [0.1, 0.15) is 5.56 Å². The fraction of sp³-hybridized carbons (Fsp3) is 0.0500. The largest absolute Gasteiger partial charge is 0.275 e. The van der Waals surface area contributed by atoms with Crippen LogP contribution < -0.4 is 4.57 Å². The monoisotopic (exact) mass is 324 g/mol. The molecule has 25 heavy (non-hydrogen) atoms. The minimum atomic E-state index is 0.852. The van der Waals surface area contributed by atoms with Gasteiger partial charge in [0.2, 0.25) is 5.82 Å². The minimum absolute atomic E-state index is 0.852. The number of rotatable bonds is 1. The summed E-state index contributed by atoms with van der Waals surface area (Å²) in [5.74, 6) is 1.18. The summed E-state index contributed by atoms with van der Waals surface area (Å²) in [5.41, 5.74) is 7.15. The van der Waals surface area contributed by atoms with Gasteiger partial charge in [0.1, 0.15) is 11.2 Å². The van der Waals surface area contributed by atoms with Gasteiger partial charge in [-0.3, -0.25) is 4.98 Å². The number of benzene rings is 1. The van der Waals surface area contributed by atoms with Gasteiger partial charge in [-0.15, -0.1) is 0 Å². The van der Waals surface area contributed by atoms with Gasteiger partial charge >= 0.3 is 0 Å². The van der Waals surface area contributed by atoms with E-state index in [0.29, 0.717) is 0 Å². The van der Waals surface area contributed by atoms with Crippen molar-refractivity contribution >= 4 is 16.7 Å². The van der Waals surface area contributed by atoms with Crippen LogP contribution in [-0.4, -0.2) is 18.9 Å². The summed E-state index contributed by atoms with van der Waals surface area (Å²) in [4.78, 5) is 8.68. The van der Waals surface area contributed by atoms with Crippen LogP contribution in [-0.2, 0) is 6.54 Å². The number of para-hydroxylation sites is 1. The number of fused-ring (bicyclic) bond motifs is 7. The maximum absolute atomic E-state index is 4.36. The molecule has 5 heterocycles. The van der Waals surface area contributed by atoms with Gasteiger partial charge in [-0.2, -0.15) is 0 Å². The van der Waals surface area contributed by atoms with Gasteiger partial charge in [0, 0.05) is 30.2 Å². The number of aromatic nitrogens is 5. The highest BCUT2D eigenvalue weighted by Gasteiger charge is 2.35. The van der Waals surface area contributed by atoms with E-state index in [9.17, 15) is 0 Å². The molecule has 5 nitrogen and oxygen atoms in total. The Balaban J connectivity index is 1.83. The van der Waals surface area contributed by atoms with Crippen molar-refractivity contribution in [2.75, 3.05) is 0 Å². The zero-order valence-corrected chi connectivity index (χ0v) is 13.4. The zero-order chi connectivity index (χ0) is 16.4. The molecule has 1 aliphatic rings. The molecule has 0 amide bonds. The summed E-state index contributed by atoms with van der Waals surface area (Å²) >= 11 is 0. The molecular formula is C20H14N5+. The maximum Gasteiger partial charge on any atom is 0.275 e. The lowest BCUT2D eigenvalue weighted by molar-refractivity contribution is -0.648. The molecule has 5 aromatic rings. The van der Waals surface area contributed by atoms with Crippen LogP contribution >= 0.6 is 0 Å². The maximum atomic E-state index is 4.36. The molecule has 0 spiro atoms. The molecule has 1 aliphatic heterocycles. The molecule has 0 N–H and O–H groups in total. The van der Waals surface area contributed by atoms with E-state index in [4.69, 9.17) is 0 Å². The Kier molecular flexibility index (Phi) is 2.34. The normalized spacial score (nSPS) is 12.6. The second-order valence-corrected chi connectivity index (χ2v) is 6.34. The first-order chi connectivity index (χ1) is 12.4. The number of hydrogen-bond acceptors (Lipinski definition) is 2. The van der Waals surface area contributed by atoms with Crippen LogP contribution in [0.5, 0.6) is 0 Å². The Morgan fingerprint density at radius 3 is 2.76 bits per heavy atom. The van der Waals surface area contributed by atoms with Gasteiger partial charge in [0.05, 0.1) is 12.1 Å². The van der Waals surface area contributed by atoms with Gasteiger partial charge in [-0.05, 0) is 24.3 Å². The fourth-order valence-electron chi connectivity index (χ4n) is 3.95. The highest BCUT2D eigenvalue weighted by atomic mass is 15.2. The predicted octanol–water partition coefficient (Wildman–Crippen LogP) is 2.99. The van der Waals surface area contributed by atoms with E-state index >= 15 is 0 Å². The first-order valence-corrected chi connectivity index (χ1v) is 8.30. The lowest BCUT2D eigenvalue weighted by atomic mass is 10.1. The molecule has 0 bridgehead atoms. The fourth-order valence-corrected chi connectivity index (χ4v) is 3.95. The molecule has 0 saturated heterocycles. The Bertz CT molecular complexity index is 1260. The van der Waals surface area contributed by atoms with Gasteiger partial charge < -0.3 is 0 Å². The average molecular weight is 324 g/mol. The highest BCUT2D eigenvalue weighted by Crippen LogP contribution is 2.34. The summed E-state index contributed by atoms with van der Waals surface area (Å²) in [6.07, 6.45) is 7.57. The van der Waals surface area contributed by atoms with Gasteiger partial charge in [-0.25, -0.2) is 18.5 Å². The van der Waals surface area contributed by atoms with E-state index in [1.54, 1.807) is 0 Å². The molecule has 0 radical (unpaired) electrons. The van der Waals surface area contributed by atoms with Crippen LogP contribution in [0.4, 0.5) is 0 Å². The number of pyridine rings is 1. The topological polar surface area (TPSA) is 39.0 Å². The summed E-state index contributed by atoms with van der Waals surface area (Å²) < 4.78 is 6.86. The van der Waals surface area contributed by atoms with Crippen LogP contribution in [0.25, 0.3) is 33.8 Å². The third-order valence-electron chi connectivity index (χ3n) is 4.99. The van der Waals surface area contributed by atoms with Crippen LogP contribution in [0.2, 0.25) is 0 Å². The van der Waals surface area contributed by atoms with Crippen molar-refractivity contribution in [1.29, 1.82) is 0 Å². The number of imidazole rings is 1. The average Bonchev–Trinajstić information content (AvgIpc) is 3.29. The van der Waals surface area contributed by atoms with Crippen molar-refractivity contribution in [1.82, 2.24) is 18.9 Å². The van der Waals surface area contributed by atoms with E-state index in [0.717, 1.165) is 23.4 Å². The molecule has 6 rings (SSSR count). The molecule has 1 aromatic carbocycles. The molecule has 118 valence electrons. The summed E-state index contributed by atoms with van der Waals surface area (Å²) in [6.45, 7) is 0.852. The first kappa shape index (κ1) is 12.9. The Morgan fingerprint density at radius 1 is 0.960 bits per heavy atom. The summed E-state index contributed by atoms with van der Waals surface area (Å²) in [6, 6.07) is 16.9. The second-order valence-electron chi connectivity index (χ2n) is 6.34. The lowest BCUT2D eigenvalue weighted by Gasteiger charge is -2.03. The Morgan fingerprint density at radius 2 is 1.84 bits per heavy atom. The first-order valence-electron chi connectivity index (χ1n) is 8.30. The smallest absolute Gasteiger partial charge is 0.264 e. The molecule has 0 fully saturated rings. The molecule has 5 heteroatoms. The van der Waals surface area contributed by atoms with Crippen molar-refractivity contribution < 1.29 is 4.57 Å². The number of hydrogen-bond donors (Lipinski definition) is 0. The summed E-state index contributed by atoms with van der Waals surface area (Å²) in [7, 11) is 0. The summed E-state index contributed by atoms with van der Waals surface area (Å²) in [5, 5.41) is 0. The van der Waals surface area contributed by atoms with Crippen molar-refractivity contribution in [3.63, 3.8) is 0 Å². The lowest BCUT2D eigenvalue weighted by Crippen LogP contribution is -2.32. The van der Waals surface area contributed by atoms with E-state index in [1.807, 2.05) is 37.1 Å². The van der Waals surface area contributed by atoms with Gasteiger partial charge in [0.15, 0.2) is 11.8 Å². The van der Waals surface area contributed by atoms with Crippen molar-refractivity contribution in [2.24, 2.45) is 0 Å². The Labute approximate surface area is 143 Å². The van der Waals surface area contributed by atoms with Crippen LogP contribution in [0, 0.1) is 0 Å².